The smallest absolute Gasteiger partial charge is 0.338 e. The number of urea groups is 1. The molecule has 1 aliphatic rings. The normalized spacial score (nSPS) is 15.4. The Hall–Kier alpha value is -4.41. The first-order valence-corrected chi connectivity index (χ1v) is 10.4. The minimum Gasteiger partial charge on any atom is -0.493 e. The zero-order valence-electron chi connectivity index (χ0n) is 19.0. The summed E-state index contributed by atoms with van der Waals surface area (Å²) >= 11 is 0. The van der Waals surface area contributed by atoms with Crippen LogP contribution in [0.5, 0.6) is 11.5 Å². The maximum absolute atomic E-state index is 12.5. The number of nitrogens with zero attached hydrogens (tertiary/aromatic N) is 2. The lowest BCUT2D eigenvalue weighted by Gasteiger charge is -2.28. The predicted molar refractivity (Wildman–Crippen MR) is 122 cm³/mol. The summed E-state index contributed by atoms with van der Waals surface area (Å²) in [6, 6.07) is 7.17. The summed E-state index contributed by atoms with van der Waals surface area (Å²) in [4.78, 5) is 40.5. The van der Waals surface area contributed by atoms with Crippen LogP contribution in [-0.4, -0.2) is 49.4 Å². The van der Waals surface area contributed by atoms with Crippen LogP contribution in [0.25, 0.3) is 0 Å². The van der Waals surface area contributed by atoms with E-state index >= 15 is 0 Å². The molecule has 178 valence electrons. The van der Waals surface area contributed by atoms with Crippen molar-refractivity contribution in [1.82, 2.24) is 21.0 Å². The quantitative estimate of drug-likeness (QED) is 0.290. The second-order valence-corrected chi connectivity index (χ2v) is 7.06. The summed E-state index contributed by atoms with van der Waals surface area (Å²) in [6.45, 7) is 3.22. The number of esters is 1. The van der Waals surface area contributed by atoms with Crippen molar-refractivity contribution >= 4 is 24.1 Å². The fourth-order valence-electron chi connectivity index (χ4n) is 3.21. The number of pyridine rings is 1. The van der Waals surface area contributed by atoms with Crippen LogP contribution in [0.2, 0.25) is 0 Å². The van der Waals surface area contributed by atoms with E-state index in [2.05, 4.69) is 26.1 Å². The Morgan fingerprint density at radius 1 is 1.21 bits per heavy atom. The maximum Gasteiger partial charge on any atom is 0.338 e. The number of methoxy groups -OCH3 is 1. The summed E-state index contributed by atoms with van der Waals surface area (Å²) in [6.07, 6.45) is 4.72. The Labute approximate surface area is 196 Å². The summed E-state index contributed by atoms with van der Waals surface area (Å²) in [5.74, 6) is -0.386. The first-order valence-electron chi connectivity index (χ1n) is 10.4. The number of aromatic nitrogens is 1. The minimum absolute atomic E-state index is 0.195. The van der Waals surface area contributed by atoms with Crippen molar-refractivity contribution in [2.24, 2.45) is 5.10 Å². The zero-order chi connectivity index (χ0) is 24.5. The molecule has 0 bridgehead atoms. The van der Waals surface area contributed by atoms with Gasteiger partial charge in [-0.1, -0.05) is 6.07 Å². The Morgan fingerprint density at radius 3 is 2.68 bits per heavy atom. The van der Waals surface area contributed by atoms with Crippen molar-refractivity contribution < 1.29 is 28.6 Å². The molecule has 1 atom stereocenters. The predicted octanol–water partition coefficient (Wildman–Crippen LogP) is 1.81. The number of hydrogen-bond acceptors (Lipinski definition) is 8. The van der Waals surface area contributed by atoms with Gasteiger partial charge < -0.3 is 24.8 Å². The van der Waals surface area contributed by atoms with E-state index in [1.807, 2.05) is 0 Å². The molecule has 1 aromatic carbocycles. The van der Waals surface area contributed by atoms with Crippen LogP contribution in [0.1, 0.15) is 31.0 Å². The Balaban J connectivity index is 1.70. The molecule has 0 radical (unpaired) electrons. The molecular formula is C23H25N5O6. The number of carbonyl (C=O) groups is 3. The van der Waals surface area contributed by atoms with Crippen molar-refractivity contribution in [3.8, 4) is 11.5 Å². The van der Waals surface area contributed by atoms with Crippen LogP contribution in [0.3, 0.4) is 0 Å². The highest BCUT2D eigenvalue weighted by atomic mass is 16.5. The first-order chi connectivity index (χ1) is 16.4. The standard InChI is InChI=1S/C23H25N5O6/c1-4-33-22(30)20-14(2)26-23(31)27-21(20)16-5-6-17(18(11-16)32-3)34-13-19(29)28-25-12-15-7-9-24-10-8-15/h5-12,21H,4,13H2,1-3H3,(H,28,29)(H2,26,27,31)/b25-12-/t21-/m1/s1. The molecule has 0 spiro atoms. The fraction of sp³-hybridized carbons (Fsp3) is 0.261. The van der Waals surface area contributed by atoms with Gasteiger partial charge in [0.2, 0.25) is 0 Å². The Kier molecular flexibility index (Phi) is 8.16. The van der Waals surface area contributed by atoms with Crippen LogP contribution < -0.4 is 25.5 Å². The lowest BCUT2D eigenvalue weighted by atomic mass is 9.95. The summed E-state index contributed by atoms with van der Waals surface area (Å²) < 4.78 is 16.1. The van der Waals surface area contributed by atoms with E-state index in [1.54, 1.807) is 56.6 Å². The molecule has 2 heterocycles. The highest BCUT2D eigenvalue weighted by molar-refractivity contribution is 5.95. The number of amides is 3. The van der Waals surface area contributed by atoms with Crippen molar-refractivity contribution in [3.05, 3.63) is 65.1 Å². The van der Waals surface area contributed by atoms with Crippen LogP contribution in [0, 0.1) is 0 Å². The van der Waals surface area contributed by atoms with Crippen LogP contribution in [-0.2, 0) is 14.3 Å². The third kappa shape index (κ3) is 6.09. The van der Waals surface area contributed by atoms with Gasteiger partial charge in [-0.05, 0) is 49.2 Å². The molecule has 0 unspecified atom stereocenters. The Bertz CT molecular complexity index is 1120. The van der Waals surface area contributed by atoms with Crippen molar-refractivity contribution in [1.29, 1.82) is 0 Å². The summed E-state index contributed by atoms with van der Waals surface area (Å²) in [5, 5.41) is 9.17. The molecule has 1 aromatic heterocycles. The van der Waals surface area contributed by atoms with E-state index in [4.69, 9.17) is 14.2 Å². The number of allylic oxidation sites excluding steroid dienone is 1. The molecule has 0 fully saturated rings. The second kappa shape index (κ2) is 11.5. The molecule has 0 aliphatic carbocycles. The van der Waals surface area contributed by atoms with Gasteiger partial charge in [0.1, 0.15) is 0 Å². The molecule has 3 amide bonds. The van der Waals surface area contributed by atoms with Crippen LogP contribution >= 0.6 is 0 Å². The Morgan fingerprint density at radius 2 is 1.97 bits per heavy atom. The molecule has 11 heteroatoms. The third-order valence-electron chi connectivity index (χ3n) is 4.75. The molecule has 34 heavy (non-hydrogen) atoms. The molecule has 0 saturated carbocycles. The molecule has 2 aromatic rings. The summed E-state index contributed by atoms with van der Waals surface area (Å²) in [5.41, 5.74) is 4.41. The largest absolute Gasteiger partial charge is 0.493 e. The van der Waals surface area contributed by atoms with Crippen molar-refractivity contribution in [3.63, 3.8) is 0 Å². The van der Waals surface area contributed by atoms with E-state index < -0.39 is 23.9 Å². The highest BCUT2D eigenvalue weighted by Gasteiger charge is 2.32. The van der Waals surface area contributed by atoms with E-state index in [0.29, 0.717) is 22.8 Å². The van der Waals surface area contributed by atoms with Gasteiger partial charge in [0.05, 0.1) is 31.5 Å². The van der Waals surface area contributed by atoms with E-state index in [9.17, 15) is 14.4 Å². The monoisotopic (exact) mass is 467 g/mol. The van der Waals surface area contributed by atoms with Gasteiger partial charge in [-0.3, -0.25) is 9.78 Å². The lowest BCUT2D eigenvalue weighted by Crippen LogP contribution is -2.45. The molecule has 3 rings (SSSR count). The fourth-order valence-corrected chi connectivity index (χ4v) is 3.21. The van der Waals surface area contributed by atoms with Gasteiger partial charge in [-0.25, -0.2) is 15.0 Å². The average Bonchev–Trinajstić information content (AvgIpc) is 2.83. The number of hydrogen-bond donors (Lipinski definition) is 3. The highest BCUT2D eigenvalue weighted by Crippen LogP contribution is 2.34. The van der Waals surface area contributed by atoms with Gasteiger partial charge in [0.15, 0.2) is 18.1 Å². The number of rotatable bonds is 9. The molecule has 11 nitrogen and oxygen atoms in total. The number of carbonyl (C=O) groups excluding carboxylic acids is 3. The number of nitrogens with one attached hydrogen (secondary N) is 3. The lowest BCUT2D eigenvalue weighted by molar-refractivity contribution is -0.139. The van der Waals surface area contributed by atoms with Crippen LogP contribution in [0.15, 0.2) is 59.1 Å². The third-order valence-corrected chi connectivity index (χ3v) is 4.75. The van der Waals surface area contributed by atoms with Gasteiger partial charge in [0.25, 0.3) is 5.91 Å². The molecule has 0 saturated heterocycles. The van der Waals surface area contributed by atoms with Crippen LogP contribution in [0.4, 0.5) is 4.79 Å². The van der Waals surface area contributed by atoms with Gasteiger partial charge in [0, 0.05) is 18.1 Å². The summed E-state index contributed by atoms with van der Waals surface area (Å²) in [7, 11) is 1.44. The number of ether oxygens (including phenoxy) is 3. The minimum atomic E-state index is -0.749. The van der Waals surface area contributed by atoms with E-state index in [0.717, 1.165) is 5.56 Å². The molecular weight excluding hydrogens is 442 g/mol. The topological polar surface area (TPSA) is 140 Å². The van der Waals surface area contributed by atoms with Crippen molar-refractivity contribution in [2.45, 2.75) is 19.9 Å². The van der Waals surface area contributed by atoms with E-state index in [-0.39, 0.29) is 18.8 Å². The van der Waals surface area contributed by atoms with Gasteiger partial charge in [-0.15, -0.1) is 0 Å². The maximum atomic E-state index is 12.5. The van der Waals surface area contributed by atoms with Gasteiger partial charge >= 0.3 is 12.0 Å². The van der Waals surface area contributed by atoms with Crippen molar-refractivity contribution in [2.75, 3.05) is 20.3 Å². The second-order valence-electron chi connectivity index (χ2n) is 7.06. The SMILES string of the molecule is CCOC(=O)C1=C(C)NC(=O)N[C@@H]1c1ccc(OCC(=O)N/N=C\c2ccncc2)c(OC)c1. The molecule has 3 N–H and O–H groups in total. The average molecular weight is 467 g/mol. The number of hydrazone groups is 1. The number of benzene rings is 1. The first kappa shape index (κ1) is 24.2. The zero-order valence-corrected chi connectivity index (χ0v) is 19.0. The van der Waals surface area contributed by atoms with Gasteiger partial charge in [-0.2, -0.15) is 5.10 Å². The molecule has 1 aliphatic heterocycles. The van der Waals surface area contributed by atoms with E-state index in [1.165, 1.54) is 13.3 Å².